The number of carbonyl (C=O) groups excluding carboxylic acids is 1. The average Bonchev–Trinajstić information content (AvgIpc) is 2.72. The van der Waals surface area contributed by atoms with E-state index >= 15 is 0 Å². The smallest absolute Gasteiger partial charge is 0.335 e. The van der Waals surface area contributed by atoms with Crippen molar-refractivity contribution in [1.29, 1.82) is 0 Å². The molecule has 0 radical (unpaired) electrons. The molecule has 1 amide bonds. The fourth-order valence-corrected chi connectivity index (χ4v) is 3.15. The summed E-state index contributed by atoms with van der Waals surface area (Å²) in [5.41, 5.74) is 6.51. The first-order chi connectivity index (χ1) is 14.0. The number of hydrogen-bond donors (Lipinski definition) is 2. The zero-order valence-corrected chi connectivity index (χ0v) is 15.4. The van der Waals surface area contributed by atoms with Crippen LogP contribution >= 0.6 is 0 Å². The minimum atomic E-state index is -0.976. The van der Waals surface area contributed by atoms with Gasteiger partial charge in [0, 0.05) is 17.6 Å². The van der Waals surface area contributed by atoms with Gasteiger partial charge in [0.15, 0.2) is 0 Å². The van der Waals surface area contributed by atoms with Crippen LogP contribution in [0.5, 0.6) is 17.2 Å². The van der Waals surface area contributed by atoms with Gasteiger partial charge in [0.05, 0.1) is 23.8 Å². The summed E-state index contributed by atoms with van der Waals surface area (Å²) < 4.78 is 11.3. The zero-order valence-electron chi connectivity index (χ0n) is 15.4. The number of methoxy groups -OCH3 is 1. The molecule has 4 rings (SSSR count). The maximum absolute atomic E-state index is 11.8. The standard InChI is InChI=1S/C22H16N2O5/c1-28-20-11-18-16(10-17(20)21(23)25)19(6-7-24-18)29-15-5-4-12-8-14(22(26)27)3-2-13(12)9-15/h2-11H,1H3,(H2,23,25)(H,26,27). The van der Waals surface area contributed by atoms with Crippen LogP contribution in [-0.2, 0) is 0 Å². The predicted molar refractivity (Wildman–Crippen MR) is 108 cm³/mol. The van der Waals surface area contributed by atoms with E-state index in [2.05, 4.69) is 4.98 Å². The molecule has 0 spiro atoms. The number of aromatic carboxylic acids is 1. The lowest BCUT2D eigenvalue weighted by molar-refractivity contribution is 0.0696. The van der Waals surface area contributed by atoms with Gasteiger partial charge in [-0.1, -0.05) is 12.1 Å². The number of primary amides is 1. The number of hydrogen-bond acceptors (Lipinski definition) is 5. The van der Waals surface area contributed by atoms with Gasteiger partial charge in [0.1, 0.15) is 17.2 Å². The Bertz CT molecular complexity index is 1280. The molecule has 0 saturated carbocycles. The molecule has 1 aromatic heterocycles. The van der Waals surface area contributed by atoms with Crippen LogP contribution in [0.25, 0.3) is 21.7 Å². The monoisotopic (exact) mass is 388 g/mol. The highest BCUT2D eigenvalue weighted by atomic mass is 16.5. The Labute approximate surface area is 165 Å². The minimum absolute atomic E-state index is 0.222. The Morgan fingerprint density at radius 3 is 2.45 bits per heavy atom. The molecule has 144 valence electrons. The molecule has 0 unspecified atom stereocenters. The SMILES string of the molecule is COc1cc2nccc(Oc3ccc4cc(C(=O)O)ccc4c3)c2cc1C(N)=O. The zero-order chi connectivity index (χ0) is 20.5. The van der Waals surface area contributed by atoms with Gasteiger partial charge in [0.25, 0.3) is 5.91 Å². The van der Waals surface area contributed by atoms with Crippen molar-refractivity contribution >= 4 is 33.6 Å². The Balaban J connectivity index is 1.77. The second kappa shape index (κ2) is 7.12. The maximum atomic E-state index is 11.8. The van der Waals surface area contributed by atoms with Gasteiger partial charge >= 0.3 is 5.97 Å². The molecule has 3 aromatic carbocycles. The number of carbonyl (C=O) groups is 2. The van der Waals surface area contributed by atoms with Crippen molar-refractivity contribution in [1.82, 2.24) is 4.98 Å². The van der Waals surface area contributed by atoms with Gasteiger partial charge < -0.3 is 20.3 Å². The lowest BCUT2D eigenvalue weighted by Gasteiger charge is -2.12. The first kappa shape index (κ1) is 18.2. The third kappa shape index (κ3) is 3.41. The summed E-state index contributed by atoms with van der Waals surface area (Å²) in [7, 11) is 1.46. The van der Waals surface area contributed by atoms with Crippen molar-refractivity contribution in [2.75, 3.05) is 7.11 Å². The van der Waals surface area contributed by atoms with Crippen molar-refractivity contribution < 1.29 is 24.2 Å². The summed E-state index contributed by atoms with van der Waals surface area (Å²) in [5, 5.41) is 11.4. The number of amides is 1. The molecule has 7 nitrogen and oxygen atoms in total. The second-order valence-corrected chi connectivity index (χ2v) is 6.37. The van der Waals surface area contributed by atoms with E-state index in [1.807, 2.05) is 6.07 Å². The highest BCUT2D eigenvalue weighted by molar-refractivity contribution is 6.01. The molecular weight excluding hydrogens is 372 g/mol. The summed E-state index contributed by atoms with van der Waals surface area (Å²) in [6, 6.07) is 15.2. The van der Waals surface area contributed by atoms with E-state index < -0.39 is 11.9 Å². The normalized spacial score (nSPS) is 10.8. The number of pyridine rings is 1. The van der Waals surface area contributed by atoms with Crippen LogP contribution in [-0.4, -0.2) is 29.1 Å². The molecule has 7 heteroatoms. The number of ether oxygens (including phenoxy) is 2. The third-order valence-electron chi connectivity index (χ3n) is 4.57. The molecule has 0 saturated heterocycles. The first-order valence-corrected chi connectivity index (χ1v) is 8.68. The van der Waals surface area contributed by atoms with Crippen molar-refractivity contribution in [3.8, 4) is 17.2 Å². The van der Waals surface area contributed by atoms with Gasteiger partial charge in [-0.3, -0.25) is 9.78 Å². The molecule has 0 bridgehead atoms. The number of carboxylic acids is 1. The molecule has 0 aliphatic carbocycles. The lowest BCUT2D eigenvalue weighted by Crippen LogP contribution is -2.12. The second-order valence-electron chi connectivity index (χ2n) is 6.37. The highest BCUT2D eigenvalue weighted by Gasteiger charge is 2.14. The Morgan fingerprint density at radius 1 is 0.966 bits per heavy atom. The van der Waals surface area contributed by atoms with Crippen LogP contribution in [0.4, 0.5) is 0 Å². The van der Waals surface area contributed by atoms with Crippen molar-refractivity contribution in [3.63, 3.8) is 0 Å². The highest BCUT2D eigenvalue weighted by Crippen LogP contribution is 2.34. The fraction of sp³-hybridized carbons (Fsp3) is 0.0455. The summed E-state index contributed by atoms with van der Waals surface area (Å²) >= 11 is 0. The van der Waals surface area contributed by atoms with E-state index in [-0.39, 0.29) is 11.1 Å². The van der Waals surface area contributed by atoms with Gasteiger partial charge in [-0.15, -0.1) is 0 Å². The van der Waals surface area contributed by atoms with Gasteiger partial charge in [-0.05, 0) is 47.2 Å². The lowest BCUT2D eigenvalue weighted by atomic mass is 10.1. The molecular formula is C22H16N2O5. The summed E-state index contributed by atoms with van der Waals surface area (Å²) in [4.78, 5) is 27.2. The Hall–Kier alpha value is -4.13. The molecule has 29 heavy (non-hydrogen) atoms. The molecule has 4 aromatic rings. The minimum Gasteiger partial charge on any atom is -0.496 e. The van der Waals surface area contributed by atoms with E-state index in [9.17, 15) is 9.59 Å². The number of carboxylic acid groups (broad SMARTS) is 1. The van der Waals surface area contributed by atoms with E-state index in [1.165, 1.54) is 7.11 Å². The number of rotatable bonds is 5. The molecule has 1 heterocycles. The maximum Gasteiger partial charge on any atom is 0.335 e. The molecule has 0 aliphatic heterocycles. The van der Waals surface area contributed by atoms with Crippen LogP contribution < -0.4 is 15.2 Å². The number of fused-ring (bicyclic) bond motifs is 2. The first-order valence-electron chi connectivity index (χ1n) is 8.68. The summed E-state index contributed by atoms with van der Waals surface area (Å²) in [5.74, 6) is -0.185. The number of aromatic nitrogens is 1. The van der Waals surface area contributed by atoms with Crippen LogP contribution in [0.2, 0.25) is 0 Å². The van der Waals surface area contributed by atoms with Crippen molar-refractivity contribution in [2.45, 2.75) is 0 Å². The predicted octanol–water partition coefficient (Wildman–Crippen LogP) is 3.99. The summed E-state index contributed by atoms with van der Waals surface area (Å²) in [6.07, 6.45) is 1.60. The molecule has 0 atom stereocenters. The average molecular weight is 388 g/mol. The Morgan fingerprint density at radius 2 is 1.72 bits per heavy atom. The number of benzene rings is 3. The van der Waals surface area contributed by atoms with Gasteiger partial charge in [-0.25, -0.2) is 4.79 Å². The quantitative estimate of drug-likeness (QED) is 0.535. The van der Waals surface area contributed by atoms with Crippen molar-refractivity contribution in [3.05, 3.63) is 71.9 Å². The molecule has 0 aliphatic rings. The molecule has 0 fully saturated rings. The summed E-state index contributed by atoms with van der Waals surface area (Å²) in [6.45, 7) is 0. The van der Waals surface area contributed by atoms with Gasteiger partial charge in [0.2, 0.25) is 0 Å². The van der Waals surface area contributed by atoms with E-state index in [1.54, 1.807) is 54.7 Å². The Kier molecular flexibility index (Phi) is 4.48. The van der Waals surface area contributed by atoms with Crippen LogP contribution in [0.1, 0.15) is 20.7 Å². The molecule has 3 N–H and O–H groups in total. The van der Waals surface area contributed by atoms with Crippen molar-refractivity contribution in [2.24, 2.45) is 5.73 Å². The van der Waals surface area contributed by atoms with Gasteiger partial charge in [-0.2, -0.15) is 0 Å². The largest absolute Gasteiger partial charge is 0.496 e. The van der Waals surface area contributed by atoms with Crippen LogP contribution in [0, 0.1) is 0 Å². The fourth-order valence-electron chi connectivity index (χ4n) is 3.15. The van der Waals surface area contributed by atoms with E-state index in [4.69, 9.17) is 20.3 Å². The number of nitrogens with two attached hydrogens (primary N) is 1. The third-order valence-corrected chi connectivity index (χ3v) is 4.57. The van der Waals surface area contributed by atoms with E-state index in [0.717, 1.165) is 10.8 Å². The number of nitrogens with zero attached hydrogens (tertiary/aromatic N) is 1. The van der Waals surface area contributed by atoms with E-state index in [0.29, 0.717) is 28.2 Å². The van der Waals surface area contributed by atoms with Crippen LogP contribution in [0.15, 0.2) is 60.8 Å². The topological polar surface area (TPSA) is 112 Å². The van der Waals surface area contributed by atoms with Crippen LogP contribution in [0.3, 0.4) is 0 Å².